The second kappa shape index (κ2) is 5.16. The summed E-state index contributed by atoms with van der Waals surface area (Å²) in [5, 5.41) is 7.67. The van der Waals surface area contributed by atoms with Crippen LogP contribution in [0.15, 0.2) is 17.6 Å². The maximum Gasteiger partial charge on any atom is 0.260 e. The first-order valence-electron chi connectivity index (χ1n) is 6.28. The Morgan fingerprint density at radius 2 is 2.30 bits per heavy atom. The molecule has 1 aliphatic carbocycles. The summed E-state index contributed by atoms with van der Waals surface area (Å²) in [6, 6.07) is 1.35. The summed E-state index contributed by atoms with van der Waals surface area (Å²) in [6.07, 6.45) is 3.70. The molecule has 1 aliphatic rings. The molecular weight excluding hydrogens is 279 g/mol. The van der Waals surface area contributed by atoms with Gasteiger partial charge in [-0.3, -0.25) is 10.1 Å². The number of halogens is 1. The number of pyridine rings is 1. The predicted octanol–water partition coefficient (Wildman–Crippen LogP) is 2.85. The lowest BCUT2D eigenvalue weighted by Crippen LogP contribution is -2.15. The van der Waals surface area contributed by atoms with Crippen LogP contribution in [0.2, 0.25) is 0 Å². The van der Waals surface area contributed by atoms with E-state index < -0.39 is 11.7 Å². The number of amides is 1. The van der Waals surface area contributed by atoms with Crippen LogP contribution in [0.5, 0.6) is 0 Å². The second-order valence-electron chi connectivity index (χ2n) is 4.58. The minimum atomic E-state index is -0.661. The van der Waals surface area contributed by atoms with Crippen LogP contribution >= 0.6 is 11.3 Å². The van der Waals surface area contributed by atoms with Gasteiger partial charge in [0, 0.05) is 24.5 Å². The van der Waals surface area contributed by atoms with E-state index in [1.165, 1.54) is 23.6 Å². The molecule has 1 saturated carbocycles. The minimum Gasteiger partial charge on any atom is -0.371 e. The van der Waals surface area contributed by atoms with Crippen LogP contribution in [-0.2, 0) is 0 Å². The summed E-state index contributed by atoms with van der Waals surface area (Å²) in [5.41, 5.74) is 0.962. The highest BCUT2D eigenvalue weighted by atomic mass is 32.1. The molecule has 0 aliphatic heterocycles. The molecule has 2 aromatic heterocycles. The highest BCUT2D eigenvalue weighted by Gasteiger charge is 2.26. The van der Waals surface area contributed by atoms with Crippen molar-refractivity contribution in [3.8, 4) is 0 Å². The van der Waals surface area contributed by atoms with Gasteiger partial charge in [-0.2, -0.15) is 0 Å². The Hall–Kier alpha value is -2.02. The van der Waals surface area contributed by atoms with Gasteiger partial charge in [-0.25, -0.2) is 14.4 Å². The maximum atomic E-state index is 14.0. The molecule has 0 radical (unpaired) electrons. The largest absolute Gasteiger partial charge is 0.371 e. The summed E-state index contributed by atoms with van der Waals surface area (Å²) < 4.78 is 14.0. The lowest BCUT2D eigenvalue weighted by atomic mass is 10.2. The molecule has 0 unspecified atom stereocenters. The van der Waals surface area contributed by atoms with Crippen LogP contribution in [-0.4, -0.2) is 22.9 Å². The van der Waals surface area contributed by atoms with E-state index in [2.05, 4.69) is 20.6 Å². The SMILES string of the molecule is CNc1nccc(C(=O)Nc2nc(C3CC3)cs2)c1F. The van der Waals surface area contributed by atoms with Crippen molar-refractivity contribution in [1.82, 2.24) is 9.97 Å². The Bertz CT molecular complexity index is 654. The molecular formula is C13H13FN4OS. The molecule has 0 saturated heterocycles. The number of carbonyl (C=O) groups is 1. The number of hydrogen-bond donors (Lipinski definition) is 2. The highest BCUT2D eigenvalue weighted by Crippen LogP contribution is 2.40. The second-order valence-corrected chi connectivity index (χ2v) is 5.44. The molecule has 104 valence electrons. The van der Waals surface area contributed by atoms with Gasteiger partial charge in [0.2, 0.25) is 0 Å². The van der Waals surface area contributed by atoms with E-state index in [-0.39, 0.29) is 11.4 Å². The Balaban J connectivity index is 1.78. The normalized spacial score (nSPS) is 14.1. The fourth-order valence-electron chi connectivity index (χ4n) is 1.87. The average molecular weight is 292 g/mol. The molecule has 2 N–H and O–H groups in total. The van der Waals surface area contributed by atoms with Crippen LogP contribution < -0.4 is 10.6 Å². The summed E-state index contributed by atoms with van der Waals surface area (Å²) in [4.78, 5) is 20.2. The first kappa shape index (κ1) is 13.0. The van der Waals surface area contributed by atoms with Gasteiger partial charge in [-0.15, -0.1) is 11.3 Å². The molecule has 2 heterocycles. The molecule has 0 aromatic carbocycles. The number of anilines is 2. The van der Waals surface area contributed by atoms with E-state index in [1.54, 1.807) is 7.05 Å². The van der Waals surface area contributed by atoms with Crippen molar-refractivity contribution in [3.63, 3.8) is 0 Å². The van der Waals surface area contributed by atoms with Crippen LogP contribution in [0.4, 0.5) is 15.3 Å². The smallest absolute Gasteiger partial charge is 0.260 e. The zero-order chi connectivity index (χ0) is 14.1. The van der Waals surface area contributed by atoms with Crippen molar-refractivity contribution >= 4 is 28.2 Å². The lowest BCUT2D eigenvalue weighted by Gasteiger charge is -2.06. The van der Waals surface area contributed by atoms with Crippen molar-refractivity contribution in [2.75, 3.05) is 17.7 Å². The number of hydrogen-bond acceptors (Lipinski definition) is 5. The Morgan fingerprint density at radius 1 is 1.50 bits per heavy atom. The van der Waals surface area contributed by atoms with E-state index in [1.807, 2.05) is 5.38 Å². The van der Waals surface area contributed by atoms with Gasteiger partial charge in [-0.05, 0) is 18.9 Å². The van der Waals surface area contributed by atoms with Crippen molar-refractivity contribution in [2.45, 2.75) is 18.8 Å². The van der Waals surface area contributed by atoms with Gasteiger partial charge in [0.15, 0.2) is 16.8 Å². The number of rotatable bonds is 4. The van der Waals surface area contributed by atoms with Gasteiger partial charge in [0.1, 0.15) is 0 Å². The van der Waals surface area contributed by atoms with Gasteiger partial charge in [0.05, 0.1) is 11.3 Å². The van der Waals surface area contributed by atoms with E-state index in [9.17, 15) is 9.18 Å². The lowest BCUT2D eigenvalue weighted by molar-refractivity contribution is 0.102. The first-order valence-corrected chi connectivity index (χ1v) is 7.16. The van der Waals surface area contributed by atoms with E-state index in [0.717, 1.165) is 18.5 Å². The topological polar surface area (TPSA) is 66.9 Å². The van der Waals surface area contributed by atoms with Gasteiger partial charge >= 0.3 is 0 Å². The van der Waals surface area contributed by atoms with Crippen molar-refractivity contribution in [2.24, 2.45) is 0 Å². The molecule has 2 aromatic rings. The Labute approximate surface area is 119 Å². The molecule has 7 heteroatoms. The van der Waals surface area contributed by atoms with Gasteiger partial charge < -0.3 is 5.32 Å². The molecule has 0 bridgehead atoms. The molecule has 1 fully saturated rings. The molecule has 1 amide bonds. The number of thiazole rings is 1. The summed E-state index contributed by atoms with van der Waals surface area (Å²) >= 11 is 1.36. The summed E-state index contributed by atoms with van der Waals surface area (Å²) in [5.74, 6) is -0.592. The Kier molecular flexibility index (Phi) is 3.35. The Morgan fingerprint density at radius 3 is 3.00 bits per heavy atom. The summed E-state index contributed by atoms with van der Waals surface area (Å²) in [7, 11) is 1.55. The highest BCUT2D eigenvalue weighted by molar-refractivity contribution is 7.14. The monoisotopic (exact) mass is 292 g/mol. The molecule has 0 atom stereocenters. The number of nitrogens with zero attached hydrogens (tertiary/aromatic N) is 2. The fraction of sp³-hybridized carbons (Fsp3) is 0.308. The molecule has 0 spiro atoms. The van der Waals surface area contributed by atoms with Crippen LogP contribution in [0.25, 0.3) is 0 Å². The summed E-state index contributed by atoms with van der Waals surface area (Å²) in [6.45, 7) is 0. The van der Waals surface area contributed by atoms with E-state index in [4.69, 9.17) is 0 Å². The van der Waals surface area contributed by atoms with E-state index >= 15 is 0 Å². The van der Waals surface area contributed by atoms with Crippen molar-refractivity contribution in [3.05, 3.63) is 34.7 Å². The molecule has 3 rings (SSSR count). The number of carbonyl (C=O) groups excluding carboxylic acids is 1. The van der Waals surface area contributed by atoms with Crippen molar-refractivity contribution < 1.29 is 9.18 Å². The third-order valence-electron chi connectivity index (χ3n) is 3.11. The standard InChI is InChI=1S/C13H13FN4OS/c1-15-11-10(14)8(4-5-16-11)12(19)18-13-17-9(6-20-13)7-2-3-7/h4-7H,2-3H2,1H3,(H,15,16)(H,17,18,19). The fourth-order valence-corrected chi connectivity index (χ4v) is 2.66. The first-order chi connectivity index (χ1) is 9.69. The number of nitrogens with one attached hydrogen (secondary N) is 2. The predicted molar refractivity (Wildman–Crippen MR) is 75.8 cm³/mol. The van der Waals surface area contributed by atoms with Crippen LogP contribution in [0.1, 0.15) is 34.8 Å². The molecule has 5 nitrogen and oxygen atoms in total. The van der Waals surface area contributed by atoms with Crippen LogP contribution in [0, 0.1) is 5.82 Å². The quantitative estimate of drug-likeness (QED) is 0.909. The zero-order valence-corrected chi connectivity index (χ0v) is 11.6. The molecule has 20 heavy (non-hydrogen) atoms. The zero-order valence-electron chi connectivity index (χ0n) is 10.8. The van der Waals surface area contributed by atoms with E-state index in [0.29, 0.717) is 11.0 Å². The van der Waals surface area contributed by atoms with Crippen LogP contribution in [0.3, 0.4) is 0 Å². The third kappa shape index (κ3) is 2.49. The van der Waals surface area contributed by atoms with Gasteiger partial charge in [-0.1, -0.05) is 0 Å². The maximum absolute atomic E-state index is 14.0. The van der Waals surface area contributed by atoms with Crippen molar-refractivity contribution in [1.29, 1.82) is 0 Å². The third-order valence-corrected chi connectivity index (χ3v) is 3.88. The van der Waals surface area contributed by atoms with Gasteiger partial charge in [0.25, 0.3) is 5.91 Å². The number of aromatic nitrogens is 2. The average Bonchev–Trinajstić information content (AvgIpc) is 3.20. The minimum absolute atomic E-state index is 0.0486.